The van der Waals surface area contributed by atoms with E-state index in [1.807, 2.05) is 6.07 Å². The molecule has 0 unspecified atom stereocenters. The Morgan fingerprint density at radius 2 is 2.38 bits per heavy atom. The summed E-state index contributed by atoms with van der Waals surface area (Å²) < 4.78 is 10.3. The lowest BCUT2D eigenvalue weighted by molar-refractivity contribution is 0.527. The summed E-state index contributed by atoms with van der Waals surface area (Å²) in [5, 5.41) is 6.21. The highest BCUT2D eigenvalue weighted by Gasteiger charge is 1.56. The van der Waals surface area contributed by atoms with Crippen LogP contribution < -0.4 is 0 Å². The van der Waals surface area contributed by atoms with E-state index in [0.29, 0.717) is 0 Å². The maximum atomic E-state index is 10.3. The van der Waals surface area contributed by atoms with E-state index in [2.05, 4.69) is 10.2 Å². The van der Waals surface area contributed by atoms with Gasteiger partial charge in [0.1, 0.15) is 0 Å². The second-order valence-electron chi connectivity index (χ2n) is 1.03. The Balaban J connectivity index is 0.000000145. The van der Waals surface area contributed by atoms with E-state index in [1.54, 1.807) is 12.4 Å². The van der Waals surface area contributed by atoms with Crippen molar-refractivity contribution in [3.8, 4) is 0 Å². The molecule has 3 heteroatoms. The molecule has 0 aromatic carbocycles. The Hall–Kier alpha value is -0.860. The van der Waals surface area contributed by atoms with Gasteiger partial charge in [-0.15, -0.1) is 0 Å². The lowest BCUT2D eigenvalue weighted by Gasteiger charge is -1.49. The number of nitrogens with zero attached hydrogens (tertiary/aromatic N) is 1. The highest BCUT2D eigenvalue weighted by molar-refractivity contribution is 4.72. The first-order valence-corrected chi connectivity index (χ1v) is 2.41. The lowest BCUT2D eigenvalue weighted by atomic mass is 10.8. The summed E-state index contributed by atoms with van der Waals surface area (Å²) in [5.74, 6) is 0. The van der Waals surface area contributed by atoms with Crippen LogP contribution in [0.25, 0.3) is 0 Å². The highest BCUT2D eigenvalue weighted by atomic mass is 19.1. The first kappa shape index (κ1) is 7.14. The lowest BCUT2D eigenvalue weighted by Crippen LogP contribution is -1.53. The van der Waals surface area contributed by atoms with Gasteiger partial charge < -0.3 is 0 Å². The second kappa shape index (κ2) is 6.14. The Bertz CT molecular complexity index is 77.3. The molecule has 0 atom stereocenters. The molecular weight excluding hydrogens is 107 g/mol. The number of hydrogen-bond acceptors (Lipinski definition) is 1. The van der Waals surface area contributed by atoms with Gasteiger partial charge in [0, 0.05) is 12.4 Å². The van der Waals surface area contributed by atoms with Crippen LogP contribution in [0.1, 0.15) is 6.92 Å². The Morgan fingerprint density at radius 1 is 1.75 bits per heavy atom. The minimum atomic E-state index is -0.250. The van der Waals surface area contributed by atoms with Crippen molar-refractivity contribution in [2.24, 2.45) is 0 Å². The van der Waals surface area contributed by atoms with Crippen molar-refractivity contribution in [2.75, 3.05) is 6.67 Å². The summed E-state index contributed by atoms with van der Waals surface area (Å²) in [6.45, 7) is 1.21. The molecule has 0 amide bonds. The normalized spacial score (nSPS) is 7.25. The van der Waals surface area contributed by atoms with E-state index in [1.165, 1.54) is 6.92 Å². The molecule has 2 nitrogen and oxygen atoms in total. The van der Waals surface area contributed by atoms with Crippen LogP contribution in [0.2, 0.25) is 0 Å². The topological polar surface area (TPSA) is 28.7 Å². The van der Waals surface area contributed by atoms with Crippen molar-refractivity contribution in [1.29, 1.82) is 0 Å². The molecule has 1 rings (SSSR count). The first-order valence-electron chi connectivity index (χ1n) is 2.41. The standard InChI is InChI=1S/C3H4N2.C2H5F/c1-2-4-5-3-1;1-2-3/h1-3H,(H,4,5);2H2,1H3. The van der Waals surface area contributed by atoms with E-state index in [4.69, 9.17) is 0 Å². The molecule has 1 aromatic heterocycles. The molecule has 8 heavy (non-hydrogen) atoms. The smallest absolute Gasteiger partial charge is 0.0866 e. The van der Waals surface area contributed by atoms with Crippen molar-refractivity contribution in [2.45, 2.75) is 6.92 Å². The summed E-state index contributed by atoms with van der Waals surface area (Å²) in [6, 6.07) is 1.83. The Kier molecular flexibility index (Phi) is 5.48. The third-order valence-electron chi connectivity index (χ3n) is 0.406. The monoisotopic (exact) mass is 116 g/mol. The maximum Gasteiger partial charge on any atom is 0.0866 e. The van der Waals surface area contributed by atoms with Crippen LogP contribution in [0.15, 0.2) is 18.5 Å². The zero-order valence-electron chi connectivity index (χ0n) is 4.76. The molecule has 1 aromatic rings. The third-order valence-corrected chi connectivity index (χ3v) is 0.406. The summed E-state index contributed by atoms with van der Waals surface area (Å²) in [5.41, 5.74) is 0. The number of nitrogens with one attached hydrogen (secondary N) is 1. The fourth-order valence-corrected chi connectivity index (χ4v) is 0.215. The van der Waals surface area contributed by atoms with Crippen LogP contribution >= 0.6 is 0 Å². The van der Waals surface area contributed by atoms with E-state index < -0.39 is 0 Å². The molecule has 0 saturated heterocycles. The van der Waals surface area contributed by atoms with Gasteiger partial charge in [-0.2, -0.15) is 5.10 Å². The fourth-order valence-electron chi connectivity index (χ4n) is 0.215. The average Bonchev–Trinajstić information content (AvgIpc) is 2.17. The van der Waals surface area contributed by atoms with Gasteiger partial charge in [0.05, 0.1) is 6.67 Å². The molecule has 0 spiro atoms. The summed E-state index contributed by atoms with van der Waals surface area (Å²) in [7, 11) is 0. The van der Waals surface area contributed by atoms with E-state index in [0.717, 1.165) is 0 Å². The number of aromatic nitrogens is 2. The minimum Gasteiger partial charge on any atom is -0.286 e. The van der Waals surface area contributed by atoms with Crippen molar-refractivity contribution >= 4 is 0 Å². The Morgan fingerprint density at radius 3 is 2.50 bits per heavy atom. The van der Waals surface area contributed by atoms with Gasteiger partial charge in [0.15, 0.2) is 0 Å². The zero-order chi connectivity index (χ0) is 6.24. The molecule has 0 radical (unpaired) electrons. The van der Waals surface area contributed by atoms with Crippen LogP contribution in [-0.4, -0.2) is 16.9 Å². The molecule has 0 saturated carbocycles. The molecule has 0 aliphatic carbocycles. The van der Waals surface area contributed by atoms with Gasteiger partial charge in [-0.25, -0.2) is 0 Å². The van der Waals surface area contributed by atoms with Gasteiger partial charge in [-0.3, -0.25) is 9.49 Å². The van der Waals surface area contributed by atoms with E-state index >= 15 is 0 Å². The van der Waals surface area contributed by atoms with Crippen LogP contribution in [0.5, 0.6) is 0 Å². The first-order chi connectivity index (χ1) is 3.91. The fraction of sp³-hybridized carbons (Fsp3) is 0.400. The third kappa shape index (κ3) is 5.14. The number of H-pyrrole nitrogens is 1. The molecule has 0 aliphatic heterocycles. The second-order valence-corrected chi connectivity index (χ2v) is 1.03. The molecule has 0 aliphatic rings. The van der Waals surface area contributed by atoms with E-state index in [-0.39, 0.29) is 6.67 Å². The van der Waals surface area contributed by atoms with Crippen LogP contribution in [0, 0.1) is 0 Å². The molecule has 1 N–H and O–H groups in total. The molecule has 1 heterocycles. The Labute approximate surface area is 47.7 Å². The van der Waals surface area contributed by atoms with Crippen LogP contribution in [-0.2, 0) is 0 Å². The van der Waals surface area contributed by atoms with Gasteiger partial charge in [0.25, 0.3) is 0 Å². The summed E-state index contributed by atoms with van der Waals surface area (Å²) >= 11 is 0. The van der Waals surface area contributed by atoms with Crippen molar-refractivity contribution in [3.63, 3.8) is 0 Å². The zero-order valence-corrected chi connectivity index (χ0v) is 4.76. The SMILES string of the molecule is CCF.c1cn[nH]c1. The van der Waals surface area contributed by atoms with Crippen LogP contribution in [0.4, 0.5) is 4.39 Å². The maximum absolute atomic E-state index is 10.3. The number of halogens is 1. The van der Waals surface area contributed by atoms with Crippen molar-refractivity contribution in [3.05, 3.63) is 18.5 Å². The molecule has 0 fully saturated rings. The predicted molar refractivity (Wildman–Crippen MR) is 30.2 cm³/mol. The van der Waals surface area contributed by atoms with E-state index in [9.17, 15) is 4.39 Å². The number of rotatable bonds is 0. The van der Waals surface area contributed by atoms with Crippen LogP contribution in [0.3, 0.4) is 0 Å². The van der Waals surface area contributed by atoms with Gasteiger partial charge in [-0.05, 0) is 13.0 Å². The largest absolute Gasteiger partial charge is 0.286 e. The number of hydrogen-bond donors (Lipinski definition) is 1. The van der Waals surface area contributed by atoms with Gasteiger partial charge in [-0.1, -0.05) is 0 Å². The van der Waals surface area contributed by atoms with Gasteiger partial charge >= 0.3 is 0 Å². The summed E-state index contributed by atoms with van der Waals surface area (Å²) in [4.78, 5) is 0. The quantitative estimate of drug-likeness (QED) is 0.545. The minimum absolute atomic E-state index is 0.250. The summed E-state index contributed by atoms with van der Waals surface area (Å²) in [6.07, 6.45) is 3.46. The average molecular weight is 116 g/mol. The molecular formula is C5H9FN2. The molecule has 46 valence electrons. The van der Waals surface area contributed by atoms with Crippen molar-refractivity contribution in [1.82, 2.24) is 10.2 Å². The van der Waals surface area contributed by atoms with Crippen molar-refractivity contribution < 1.29 is 4.39 Å². The molecule has 0 bridgehead atoms. The highest BCUT2D eigenvalue weighted by Crippen LogP contribution is 1.64. The number of aromatic amines is 1. The predicted octanol–water partition coefficient (Wildman–Crippen LogP) is 1.39. The number of alkyl halides is 1. The van der Waals surface area contributed by atoms with Gasteiger partial charge in [0.2, 0.25) is 0 Å².